The number of aromatic nitrogens is 3. The molecule has 1 saturated carbocycles. The van der Waals surface area contributed by atoms with E-state index in [9.17, 15) is 9.59 Å². The molecular weight excluding hydrogens is 262 g/mol. The van der Waals surface area contributed by atoms with E-state index in [1.165, 1.54) is 4.68 Å². The summed E-state index contributed by atoms with van der Waals surface area (Å²) in [5, 5.41) is 19.3. The number of nitrogens with zero attached hydrogens (tertiary/aromatic N) is 3. The Bertz CT molecular complexity index is 481. The molecule has 0 saturated heterocycles. The first-order valence-corrected chi connectivity index (χ1v) is 6.71. The Morgan fingerprint density at radius 1 is 1.50 bits per heavy atom. The number of nitrogens with one attached hydrogen (secondary N) is 1. The Morgan fingerprint density at radius 2 is 2.20 bits per heavy atom. The van der Waals surface area contributed by atoms with Crippen LogP contribution in [-0.4, -0.2) is 44.1 Å². The Kier molecular flexibility index (Phi) is 4.67. The smallest absolute Gasteiger partial charge is 0.320 e. The van der Waals surface area contributed by atoms with E-state index in [0.717, 1.165) is 25.7 Å². The number of rotatable bonds is 6. The summed E-state index contributed by atoms with van der Waals surface area (Å²) in [5.41, 5.74) is 5.88. The highest BCUT2D eigenvalue weighted by Gasteiger charge is 2.18. The lowest BCUT2D eigenvalue weighted by Crippen LogP contribution is -2.35. The molecule has 1 heterocycles. The summed E-state index contributed by atoms with van der Waals surface area (Å²) in [4.78, 5) is 22.4. The van der Waals surface area contributed by atoms with Gasteiger partial charge < -0.3 is 16.2 Å². The van der Waals surface area contributed by atoms with Crippen LogP contribution < -0.4 is 11.1 Å². The predicted molar refractivity (Wildman–Crippen MR) is 69.7 cm³/mol. The van der Waals surface area contributed by atoms with E-state index in [-0.39, 0.29) is 24.9 Å². The molecule has 1 fully saturated rings. The van der Waals surface area contributed by atoms with Crippen LogP contribution in [0.5, 0.6) is 0 Å². The number of hydrogen-bond acceptors (Lipinski definition) is 5. The predicted octanol–water partition coefficient (Wildman–Crippen LogP) is -0.709. The van der Waals surface area contributed by atoms with E-state index >= 15 is 0 Å². The van der Waals surface area contributed by atoms with Gasteiger partial charge in [0.25, 0.3) is 0 Å². The largest absolute Gasteiger partial charge is 0.480 e. The van der Waals surface area contributed by atoms with E-state index in [1.807, 2.05) is 0 Å². The van der Waals surface area contributed by atoms with Gasteiger partial charge in [-0.2, -0.15) is 0 Å². The molecule has 0 aliphatic heterocycles. The van der Waals surface area contributed by atoms with Crippen molar-refractivity contribution >= 4 is 11.9 Å². The summed E-state index contributed by atoms with van der Waals surface area (Å²) in [6.07, 6.45) is 6.03. The lowest BCUT2D eigenvalue weighted by Gasteiger charge is -2.11. The molecular formula is C12H19N5O3. The Hall–Kier alpha value is -1.96. The molecule has 8 heteroatoms. The fourth-order valence-electron chi connectivity index (χ4n) is 2.31. The summed E-state index contributed by atoms with van der Waals surface area (Å²) >= 11 is 0. The third-order valence-electron chi connectivity index (χ3n) is 3.36. The van der Waals surface area contributed by atoms with Crippen LogP contribution in [0.3, 0.4) is 0 Å². The number of nitrogens with two attached hydrogens (primary N) is 1. The van der Waals surface area contributed by atoms with Crippen molar-refractivity contribution in [3.8, 4) is 0 Å². The molecule has 0 bridgehead atoms. The van der Waals surface area contributed by atoms with Gasteiger partial charge in [0, 0.05) is 18.7 Å². The van der Waals surface area contributed by atoms with Crippen LogP contribution >= 0.6 is 0 Å². The Morgan fingerprint density at radius 3 is 2.85 bits per heavy atom. The maximum Gasteiger partial charge on any atom is 0.320 e. The summed E-state index contributed by atoms with van der Waals surface area (Å²) < 4.78 is 1.40. The second-order valence-electron chi connectivity index (χ2n) is 5.11. The first-order chi connectivity index (χ1) is 9.54. The number of hydrogen-bond donors (Lipinski definition) is 3. The lowest BCUT2D eigenvalue weighted by atomic mass is 10.2. The normalized spacial score (nSPS) is 17.1. The molecule has 1 aliphatic rings. The monoisotopic (exact) mass is 281 g/mol. The molecule has 0 aromatic carbocycles. The maximum absolute atomic E-state index is 11.8. The highest BCUT2D eigenvalue weighted by molar-refractivity contribution is 5.76. The van der Waals surface area contributed by atoms with Gasteiger partial charge in [-0.15, -0.1) is 5.10 Å². The van der Waals surface area contributed by atoms with E-state index in [4.69, 9.17) is 10.8 Å². The lowest BCUT2D eigenvalue weighted by molar-refractivity contribution is -0.138. The summed E-state index contributed by atoms with van der Waals surface area (Å²) in [7, 11) is 0. The van der Waals surface area contributed by atoms with Crippen molar-refractivity contribution in [1.29, 1.82) is 0 Å². The van der Waals surface area contributed by atoms with Gasteiger partial charge in [-0.05, 0) is 12.8 Å². The van der Waals surface area contributed by atoms with Crippen LogP contribution in [0.15, 0.2) is 6.20 Å². The molecule has 1 aromatic rings. The van der Waals surface area contributed by atoms with Gasteiger partial charge in [0.05, 0.1) is 5.69 Å². The van der Waals surface area contributed by atoms with Gasteiger partial charge in [-0.3, -0.25) is 9.59 Å². The van der Waals surface area contributed by atoms with Crippen LogP contribution in [0.25, 0.3) is 0 Å². The van der Waals surface area contributed by atoms with Crippen molar-refractivity contribution in [3.05, 3.63) is 11.9 Å². The topological polar surface area (TPSA) is 123 Å². The molecule has 8 nitrogen and oxygen atoms in total. The Balaban J connectivity index is 1.82. The van der Waals surface area contributed by atoms with Gasteiger partial charge in [0.1, 0.15) is 12.6 Å². The Labute approximate surface area is 116 Å². The summed E-state index contributed by atoms with van der Waals surface area (Å²) in [5.74, 6) is -1.19. The maximum atomic E-state index is 11.8. The highest BCUT2D eigenvalue weighted by Crippen LogP contribution is 2.17. The zero-order valence-corrected chi connectivity index (χ0v) is 11.2. The van der Waals surface area contributed by atoms with E-state index in [1.54, 1.807) is 6.20 Å². The fourth-order valence-corrected chi connectivity index (χ4v) is 2.31. The molecule has 0 radical (unpaired) electrons. The molecule has 1 unspecified atom stereocenters. The molecule has 2 rings (SSSR count). The van der Waals surface area contributed by atoms with Crippen LogP contribution in [-0.2, 0) is 22.6 Å². The first-order valence-electron chi connectivity index (χ1n) is 6.71. The van der Waals surface area contributed by atoms with Gasteiger partial charge in [-0.25, -0.2) is 4.68 Å². The molecule has 1 amide bonds. The fraction of sp³-hybridized carbons (Fsp3) is 0.667. The minimum Gasteiger partial charge on any atom is -0.480 e. The number of aliphatic carboxylic acids is 1. The highest BCUT2D eigenvalue weighted by atomic mass is 16.4. The van der Waals surface area contributed by atoms with Crippen molar-refractivity contribution in [1.82, 2.24) is 20.3 Å². The zero-order valence-electron chi connectivity index (χ0n) is 11.2. The molecule has 4 N–H and O–H groups in total. The van der Waals surface area contributed by atoms with Crippen LogP contribution in [0, 0.1) is 0 Å². The minimum atomic E-state index is -1.08. The molecule has 0 spiro atoms. The average molecular weight is 281 g/mol. The van der Waals surface area contributed by atoms with E-state index < -0.39 is 12.0 Å². The molecule has 1 aliphatic carbocycles. The van der Waals surface area contributed by atoms with Crippen molar-refractivity contribution in [2.45, 2.75) is 50.7 Å². The van der Waals surface area contributed by atoms with E-state index in [2.05, 4.69) is 15.6 Å². The number of amides is 1. The third kappa shape index (κ3) is 4.02. The number of carbonyl (C=O) groups excluding carboxylic acids is 1. The van der Waals surface area contributed by atoms with Gasteiger partial charge in [0.15, 0.2) is 0 Å². The van der Waals surface area contributed by atoms with Gasteiger partial charge in [-0.1, -0.05) is 18.1 Å². The second-order valence-corrected chi connectivity index (χ2v) is 5.11. The molecule has 20 heavy (non-hydrogen) atoms. The molecule has 1 aromatic heterocycles. The standard InChI is InChI=1S/C12H19N5O3/c13-10(12(19)20)5-9-6-17(16-15-9)7-11(18)14-8-3-1-2-4-8/h6,8,10H,1-5,7,13H2,(H,14,18)(H,19,20). The van der Waals surface area contributed by atoms with Crippen molar-refractivity contribution in [3.63, 3.8) is 0 Å². The van der Waals surface area contributed by atoms with Crippen molar-refractivity contribution < 1.29 is 14.7 Å². The van der Waals surface area contributed by atoms with Crippen molar-refractivity contribution in [2.24, 2.45) is 5.73 Å². The van der Waals surface area contributed by atoms with Crippen LogP contribution in [0.1, 0.15) is 31.4 Å². The van der Waals surface area contributed by atoms with Crippen LogP contribution in [0.2, 0.25) is 0 Å². The average Bonchev–Trinajstić information content (AvgIpc) is 3.01. The second kappa shape index (κ2) is 6.47. The molecule has 110 valence electrons. The van der Waals surface area contributed by atoms with Gasteiger partial charge in [0.2, 0.25) is 5.91 Å². The quantitative estimate of drug-likeness (QED) is 0.633. The molecule has 1 atom stereocenters. The van der Waals surface area contributed by atoms with Crippen molar-refractivity contribution in [2.75, 3.05) is 0 Å². The van der Waals surface area contributed by atoms with Gasteiger partial charge >= 0.3 is 5.97 Å². The minimum absolute atomic E-state index is 0.0891. The number of carboxylic acids is 1. The summed E-state index contributed by atoms with van der Waals surface area (Å²) in [6, 6.07) is -0.738. The van der Waals surface area contributed by atoms with Crippen LogP contribution in [0.4, 0.5) is 0 Å². The summed E-state index contributed by atoms with van der Waals surface area (Å²) in [6.45, 7) is 0.0891. The zero-order chi connectivity index (χ0) is 14.5. The SMILES string of the molecule is NC(Cc1cn(CC(=O)NC2CCCC2)nn1)C(=O)O. The number of carbonyl (C=O) groups is 2. The number of carboxylic acid groups (broad SMARTS) is 1. The van der Waals surface area contributed by atoms with E-state index in [0.29, 0.717) is 5.69 Å². The third-order valence-corrected chi connectivity index (χ3v) is 3.36. The first kappa shape index (κ1) is 14.4.